The van der Waals surface area contributed by atoms with Crippen molar-refractivity contribution in [1.82, 2.24) is 9.97 Å². The highest BCUT2D eigenvalue weighted by molar-refractivity contribution is 9.10. The summed E-state index contributed by atoms with van der Waals surface area (Å²) in [4.78, 5) is 8.00. The average molecular weight is 375 g/mol. The summed E-state index contributed by atoms with van der Waals surface area (Å²) in [5.41, 5.74) is 2.91. The number of fused-ring (bicyclic) bond motifs is 1. The van der Waals surface area contributed by atoms with E-state index in [0.717, 1.165) is 44.8 Å². The van der Waals surface area contributed by atoms with Crippen LogP contribution in [0.5, 0.6) is 11.5 Å². The van der Waals surface area contributed by atoms with E-state index in [9.17, 15) is 0 Å². The molecular formula is C18H19BrN2O2. The number of halogens is 1. The average Bonchev–Trinajstić information content (AvgIpc) is 2.98. The highest BCUT2D eigenvalue weighted by atomic mass is 79.9. The van der Waals surface area contributed by atoms with Crippen LogP contribution in [0.1, 0.15) is 20.3 Å². The van der Waals surface area contributed by atoms with Crippen LogP contribution in [0, 0.1) is 0 Å². The minimum atomic E-state index is 0.587. The number of nitrogens with one attached hydrogen (secondary N) is 1. The molecule has 1 heterocycles. The first-order valence-electron chi connectivity index (χ1n) is 7.77. The second-order valence-corrected chi connectivity index (χ2v) is 6.02. The molecule has 3 aromatic rings. The normalized spacial score (nSPS) is 10.9. The Kier molecular flexibility index (Phi) is 4.86. The molecule has 0 fully saturated rings. The number of rotatable bonds is 6. The van der Waals surface area contributed by atoms with Gasteiger partial charge in [0.2, 0.25) is 0 Å². The minimum absolute atomic E-state index is 0.587. The summed E-state index contributed by atoms with van der Waals surface area (Å²) < 4.78 is 12.4. The van der Waals surface area contributed by atoms with Crippen molar-refractivity contribution >= 4 is 27.0 Å². The van der Waals surface area contributed by atoms with Gasteiger partial charge >= 0.3 is 0 Å². The van der Waals surface area contributed by atoms with Gasteiger partial charge in [-0.1, -0.05) is 19.1 Å². The first kappa shape index (κ1) is 15.9. The largest absolute Gasteiger partial charge is 0.490 e. The van der Waals surface area contributed by atoms with E-state index in [-0.39, 0.29) is 0 Å². The number of nitrogens with zero attached hydrogens (tertiary/aromatic N) is 1. The van der Waals surface area contributed by atoms with Crippen LogP contribution < -0.4 is 9.47 Å². The van der Waals surface area contributed by atoms with E-state index in [2.05, 4.69) is 32.8 Å². The lowest BCUT2D eigenvalue weighted by atomic mass is 10.2. The number of benzene rings is 2. The van der Waals surface area contributed by atoms with E-state index in [4.69, 9.17) is 9.47 Å². The van der Waals surface area contributed by atoms with E-state index in [1.807, 2.05) is 43.3 Å². The maximum absolute atomic E-state index is 5.78. The molecular weight excluding hydrogens is 356 g/mol. The number of hydrogen-bond acceptors (Lipinski definition) is 3. The van der Waals surface area contributed by atoms with Crippen LogP contribution in [-0.4, -0.2) is 23.2 Å². The van der Waals surface area contributed by atoms with Crippen LogP contribution in [0.4, 0.5) is 0 Å². The van der Waals surface area contributed by atoms with Gasteiger partial charge in [0.25, 0.3) is 0 Å². The van der Waals surface area contributed by atoms with Gasteiger partial charge in [0.15, 0.2) is 11.5 Å². The lowest BCUT2D eigenvalue weighted by molar-refractivity contribution is 0.277. The zero-order valence-corrected chi connectivity index (χ0v) is 14.8. The van der Waals surface area contributed by atoms with Crippen molar-refractivity contribution in [2.45, 2.75) is 20.3 Å². The van der Waals surface area contributed by atoms with Crippen LogP contribution in [0.25, 0.3) is 22.4 Å². The second kappa shape index (κ2) is 7.04. The molecule has 5 heteroatoms. The lowest BCUT2D eigenvalue weighted by Crippen LogP contribution is -2.00. The molecule has 0 amide bonds. The fraction of sp³-hybridized carbons (Fsp3) is 0.278. The highest BCUT2D eigenvalue weighted by Gasteiger charge is 2.15. The Morgan fingerprint density at radius 1 is 1.09 bits per heavy atom. The summed E-state index contributed by atoms with van der Waals surface area (Å²) in [6.45, 7) is 5.30. The van der Waals surface area contributed by atoms with Crippen LogP contribution >= 0.6 is 15.9 Å². The maximum Gasteiger partial charge on any atom is 0.162 e. The summed E-state index contributed by atoms with van der Waals surface area (Å²) >= 11 is 3.62. The van der Waals surface area contributed by atoms with Crippen molar-refractivity contribution in [2.24, 2.45) is 0 Å². The number of H-pyrrole nitrogens is 1. The van der Waals surface area contributed by atoms with Crippen molar-refractivity contribution in [3.8, 4) is 22.9 Å². The van der Waals surface area contributed by atoms with Crippen LogP contribution in [0.2, 0.25) is 0 Å². The van der Waals surface area contributed by atoms with Gasteiger partial charge in [-0.25, -0.2) is 4.98 Å². The SMILES string of the molecule is CCCOc1cc(Br)c(-c2nc3ccccc3[nH]2)cc1OCC. The van der Waals surface area contributed by atoms with Crippen LogP contribution in [0.15, 0.2) is 40.9 Å². The molecule has 0 aliphatic carbocycles. The lowest BCUT2D eigenvalue weighted by Gasteiger charge is -2.14. The maximum atomic E-state index is 5.78. The molecule has 0 aliphatic heterocycles. The zero-order chi connectivity index (χ0) is 16.2. The van der Waals surface area contributed by atoms with Gasteiger partial charge in [0, 0.05) is 10.0 Å². The second-order valence-electron chi connectivity index (χ2n) is 5.16. The van der Waals surface area contributed by atoms with Gasteiger partial charge in [0.1, 0.15) is 5.82 Å². The van der Waals surface area contributed by atoms with Gasteiger partial charge in [0.05, 0.1) is 24.2 Å². The molecule has 2 aromatic carbocycles. The summed E-state index contributed by atoms with van der Waals surface area (Å²) in [6.07, 6.45) is 0.953. The predicted molar refractivity (Wildman–Crippen MR) is 96.2 cm³/mol. The summed E-state index contributed by atoms with van der Waals surface area (Å²) in [6, 6.07) is 11.9. The van der Waals surface area contributed by atoms with E-state index in [1.54, 1.807) is 0 Å². The van der Waals surface area contributed by atoms with Gasteiger partial charge in [-0.2, -0.15) is 0 Å². The number of ether oxygens (including phenoxy) is 2. The molecule has 4 nitrogen and oxygen atoms in total. The Morgan fingerprint density at radius 2 is 1.87 bits per heavy atom. The third-order valence-corrected chi connectivity index (χ3v) is 4.10. The van der Waals surface area contributed by atoms with Crippen molar-refractivity contribution in [2.75, 3.05) is 13.2 Å². The molecule has 0 atom stereocenters. The number of aromatic nitrogens is 2. The monoisotopic (exact) mass is 374 g/mol. The third kappa shape index (κ3) is 3.34. The molecule has 0 saturated heterocycles. The summed E-state index contributed by atoms with van der Waals surface area (Å²) in [5, 5.41) is 0. The number of para-hydroxylation sites is 2. The number of hydrogen-bond donors (Lipinski definition) is 1. The molecule has 0 aliphatic rings. The fourth-order valence-electron chi connectivity index (χ4n) is 2.39. The highest BCUT2D eigenvalue weighted by Crippen LogP contribution is 2.38. The topological polar surface area (TPSA) is 47.1 Å². The van der Waals surface area contributed by atoms with Crippen LogP contribution in [0.3, 0.4) is 0 Å². The van der Waals surface area contributed by atoms with Gasteiger partial charge in [-0.3, -0.25) is 0 Å². The van der Waals surface area contributed by atoms with Gasteiger partial charge < -0.3 is 14.5 Å². The van der Waals surface area contributed by atoms with Crippen molar-refractivity contribution in [1.29, 1.82) is 0 Å². The van der Waals surface area contributed by atoms with E-state index < -0.39 is 0 Å². The first-order valence-corrected chi connectivity index (χ1v) is 8.56. The Labute approximate surface area is 144 Å². The standard InChI is InChI=1S/C18H19BrN2O2/c1-3-9-23-17-11-13(19)12(10-16(17)22-4-2)18-20-14-7-5-6-8-15(14)21-18/h5-8,10-11H,3-4,9H2,1-2H3,(H,20,21). The van der Waals surface area contributed by atoms with E-state index in [0.29, 0.717) is 13.2 Å². The molecule has 1 aromatic heterocycles. The molecule has 120 valence electrons. The first-order chi connectivity index (χ1) is 11.2. The van der Waals surface area contributed by atoms with Gasteiger partial charge in [-0.15, -0.1) is 0 Å². The Bertz CT molecular complexity index is 781. The molecule has 3 rings (SSSR count). The molecule has 23 heavy (non-hydrogen) atoms. The van der Waals surface area contributed by atoms with Gasteiger partial charge in [-0.05, 0) is 53.5 Å². The Morgan fingerprint density at radius 3 is 2.61 bits per heavy atom. The minimum Gasteiger partial charge on any atom is -0.490 e. The molecule has 0 bridgehead atoms. The Hall–Kier alpha value is -2.01. The van der Waals surface area contributed by atoms with E-state index in [1.165, 1.54) is 0 Å². The summed E-state index contributed by atoms with van der Waals surface area (Å²) in [7, 11) is 0. The number of imidazole rings is 1. The molecule has 0 radical (unpaired) electrons. The summed E-state index contributed by atoms with van der Waals surface area (Å²) in [5.74, 6) is 2.29. The van der Waals surface area contributed by atoms with Crippen molar-refractivity contribution in [3.05, 3.63) is 40.9 Å². The molecule has 1 N–H and O–H groups in total. The van der Waals surface area contributed by atoms with Crippen molar-refractivity contribution < 1.29 is 9.47 Å². The molecule has 0 unspecified atom stereocenters. The zero-order valence-electron chi connectivity index (χ0n) is 13.2. The molecule has 0 spiro atoms. The predicted octanol–water partition coefficient (Wildman–Crippen LogP) is 5.18. The van der Waals surface area contributed by atoms with Crippen LogP contribution in [-0.2, 0) is 0 Å². The van der Waals surface area contributed by atoms with E-state index >= 15 is 0 Å². The third-order valence-electron chi connectivity index (χ3n) is 3.44. The van der Waals surface area contributed by atoms with Crippen molar-refractivity contribution in [3.63, 3.8) is 0 Å². The quantitative estimate of drug-likeness (QED) is 0.646. The number of aromatic amines is 1. The molecule has 0 saturated carbocycles. The Balaban J connectivity index is 2.05. The fourth-order valence-corrected chi connectivity index (χ4v) is 2.90. The smallest absolute Gasteiger partial charge is 0.162 e.